The molecule has 0 bridgehead atoms. The number of carbonyl (C=O) groups is 1. The van der Waals surface area contributed by atoms with Crippen LogP contribution < -0.4 is 5.73 Å². The minimum absolute atomic E-state index is 0.285. The van der Waals surface area contributed by atoms with E-state index in [1.54, 1.807) is 19.1 Å². The number of fused-ring (bicyclic) bond motifs is 1. The van der Waals surface area contributed by atoms with Gasteiger partial charge in [0.2, 0.25) is 0 Å². The lowest BCUT2D eigenvalue weighted by Gasteiger charge is -2.01. The molecule has 0 aliphatic rings. The van der Waals surface area contributed by atoms with Crippen LogP contribution in [0.4, 0.5) is 5.82 Å². The average Bonchev–Trinajstić information content (AvgIpc) is 2.55. The molecule has 0 spiro atoms. The largest absolute Gasteiger partial charge is 0.462 e. The van der Waals surface area contributed by atoms with E-state index < -0.39 is 5.97 Å². The maximum absolute atomic E-state index is 11.8. The monoisotopic (exact) mass is 316 g/mol. The molecular weight excluding hydrogens is 307 g/mol. The number of nitrogens with two attached hydrogens (primary N) is 1. The number of benzene rings is 1. The predicted octanol–water partition coefficient (Wildman–Crippen LogP) is 3.34. The van der Waals surface area contributed by atoms with Gasteiger partial charge >= 0.3 is 5.97 Å². The number of ether oxygens (including phenoxy) is 1. The van der Waals surface area contributed by atoms with Crippen LogP contribution in [0.1, 0.15) is 17.3 Å². The van der Waals surface area contributed by atoms with E-state index in [0.29, 0.717) is 22.6 Å². The quantitative estimate of drug-likeness (QED) is 0.835. The van der Waals surface area contributed by atoms with Gasteiger partial charge in [0.05, 0.1) is 11.6 Å². The van der Waals surface area contributed by atoms with Gasteiger partial charge in [-0.05, 0) is 35.0 Å². The van der Waals surface area contributed by atoms with E-state index in [9.17, 15) is 4.79 Å². The smallest absolute Gasteiger partial charge is 0.342 e. The first-order valence-corrected chi connectivity index (χ1v) is 6.15. The Bertz CT molecular complexity index is 595. The van der Waals surface area contributed by atoms with Crippen molar-refractivity contribution in [2.45, 2.75) is 6.92 Å². The fourth-order valence-corrected chi connectivity index (χ4v) is 2.14. The number of halogens is 2. The maximum Gasteiger partial charge on any atom is 0.342 e. The minimum atomic E-state index is -0.449. The molecule has 0 radical (unpaired) electrons. The number of nitrogen functional groups attached to an aromatic ring is 1. The first-order valence-electron chi connectivity index (χ1n) is 4.98. The molecular formula is C11H10BrClN2O2. The van der Waals surface area contributed by atoms with E-state index >= 15 is 0 Å². The molecule has 17 heavy (non-hydrogen) atoms. The highest BCUT2D eigenvalue weighted by molar-refractivity contribution is 9.10. The minimum Gasteiger partial charge on any atom is -0.462 e. The summed E-state index contributed by atoms with van der Waals surface area (Å²) in [6.45, 7) is 2.04. The van der Waals surface area contributed by atoms with E-state index in [0.717, 1.165) is 9.99 Å². The van der Waals surface area contributed by atoms with Crippen LogP contribution in [0.5, 0.6) is 0 Å². The van der Waals surface area contributed by atoms with Gasteiger partial charge in [0.25, 0.3) is 0 Å². The maximum atomic E-state index is 11.8. The molecule has 0 saturated heterocycles. The number of aromatic amines is 1. The second-order valence-corrected chi connectivity index (χ2v) is 4.71. The van der Waals surface area contributed by atoms with Gasteiger partial charge in [0.1, 0.15) is 11.4 Å². The lowest BCUT2D eigenvalue weighted by atomic mass is 10.1. The van der Waals surface area contributed by atoms with Gasteiger partial charge in [0, 0.05) is 15.4 Å². The molecule has 6 heteroatoms. The Morgan fingerprint density at radius 1 is 1.59 bits per heavy atom. The summed E-state index contributed by atoms with van der Waals surface area (Å²) in [6, 6.07) is 3.46. The van der Waals surface area contributed by atoms with Crippen molar-refractivity contribution in [3.05, 3.63) is 27.2 Å². The summed E-state index contributed by atoms with van der Waals surface area (Å²) in [5.74, 6) is -0.165. The van der Waals surface area contributed by atoms with Crippen LogP contribution in [0.2, 0.25) is 5.02 Å². The standard InChI is InChI=1S/C11H10BrClN2O2/c1-2-17-11(16)9-5-3-7(13)6(12)4-8(5)15-10(9)14/h3-4,15H,2,14H2,1H3. The Labute approximate surface area is 111 Å². The van der Waals surface area contributed by atoms with Crippen molar-refractivity contribution < 1.29 is 9.53 Å². The van der Waals surface area contributed by atoms with E-state index in [1.165, 1.54) is 0 Å². The predicted molar refractivity (Wildman–Crippen MR) is 71.4 cm³/mol. The number of H-pyrrole nitrogens is 1. The second kappa shape index (κ2) is 4.58. The van der Waals surface area contributed by atoms with Gasteiger partial charge in [-0.1, -0.05) is 11.6 Å². The van der Waals surface area contributed by atoms with Crippen LogP contribution >= 0.6 is 27.5 Å². The van der Waals surface area contributed by atoms with E-state index in [-0.39, 0.29) is 5.82 Å². The van der Waals surface area contributed by atoms with Crippen molar-refractivity contribution in [2.75, 3.05) is 12.3 Å². The van der Waals surface area contributed by atoms with Gasteiger partial charge in [-0.25, -0.2) is 4.79 Å². The number of carbonyl (C=O) groups excluding carboxylic acids is 1. The zero-order chi connectivity index (χ0) is 12.6. The van der Waals surface area contributed by atoms with Crippen molar-refractivity contribution in [3.8, 4) is 0 Å². The Kier molecular flexibility index (Phi) is 3.31. The topological polar surface area (TPSA) is 68.1 Å². The van der Waals surface area contributed by atoms with Crippen molar-refractivity contribution in [2.24, 2.45) is 0 Å². The molecule has 0 amide bonds. The van der Waals surface area contributed by atoms with Gasteiger partial charge < -0.3 is 15.5 Å². The summed E-state index contributed by atoms with van der Waals surface area (Å²) in [6.07, 6.45) is 0. The van der Waals surface area contributed by atoms with Crippen molar-refractivity contribution in [3.63, 3.8) is 0 Å². The van der Waals surface area contributed by atoms with Gasteiger partial charge in [0.15, 0.2) is 0 Å². The average molecular weight is 318 g/mol. The number of anilines is 1. The summed E-state index contributed by atoms with van der Waals surface area (Å²) in [5.41, 5.74) is 6.84. The molecule has 0 unspecified atom stereocenters. The third kappa shape index (κ3) is 2.12. The van der Waals surface area contributed by atoms with Crippen LogP contribution in [-0.2, 0) is 4.74 Å². The molecule has 1 heterocycles. The van der Waals surface area contributed by atoms with Crippen molar-refractivity contribution >= 4 is 50.2 Å². The fraction of sp³-hybridized carbons (Fsp3) is 0.182. The number of rotatable bonds is 2. The van der Waals surface area contributed by atoms with E-state index in [1.807, 2.05) is 0 Å². The van der Waals surface area contributed by atoms with E-state index in [2.05, 4.69) is 20.9 Å². The molecule has 0 saturated carbocycles. The second-order valence-electron chi connectivity index (χ2n) is 3.45. The number of nitrogens with one attached hydrogen (secondary N) is 1. The Morgan fingerprint density at radius 2 is 2.29 bits per heavy atom. The normalized spacial score (nSPS) is 10.8. The molecule has 0 fully saturated rings. The first-order chi connectivity index (χ1) is 8.04. The summed E-state index contributed by atoms with van der Waals surface area (Å²) < 4.78 is 5.69. The highest BCUT2D eigenvalue weighted by atomic mass is 79.9. The SMILES string of the molecule is CCOC(=O)c1c(N)[nH]c2cc(Br)c(Cl)cc12. The lowest BCUT2D eigenvalue weighted by molar-refractivity contribution is 0.0530. The molecule has 0 aliphatic carbocycles. The van der Waals surface area contributed by atoms with Crippen LogP contribution in [0.3, 0.4) is 0 Å². The third-order valence-electron chi connectivity index (χ3n) is 2.35. The molecule has 0 atom stereocenters. The molecule has 4 nitrogen and oxygen atoms in total. The van der Waals surface area contributed by atoms with E-state index in [4.69, 9.17) is 22.1 Å². The molecule has 2 aromatic rings. The fourth-order valence-electron chi connectivity index (χ4n) is 1.63. The molecule has 1 aromatic heterocycles. The third-order valence-corrected chi connectivity index (χ3v) is 3.55. The van der Waals surface area contributed by atoms with Crippen molar-refractivity contribution in [1.82, 2.24) is 4.98 Å². The summed E-state index contributed by atoms with van der Waals surface area (Å²) in [5, 5.41) is 1.18. The molecule has 3 N–H and O–H groups in total. The molecule has 90 valence electrons. The van der Waals surface area contributed by atoms with Crippen molar-refractivity contribution in [1.29, 1.82) is 0 Å². The Balaban J connectivity index is 2.66. The zero-order valence-electron chi connectivity index (χ0n) is 9.01. The summed E-state index contributed by atoms with van der Waals surface area (Å²) in [4.78, 5) is 14.7. The molecule has 2 rings (SSSR count). The van der Waals surface area contributed by atoms with Gasteiger partial charge in [-0.15, -0.1) is 0 Å². The van der Waals surface area contributed by atoms with Crippen LogP contribution in [0.15, 0.2) is 16.6 Å². The van der Waals surface area contributed by atoms with Crippen LogP contribution in [0.25, 0.3) is 10.9 Å². The highest BCUT2D eigenvalue weighted by Crippen LogP contribution is 2.32. The van der Waals surface area contributed by atoms with Crippen LogP contribution in [0, 0.1) is 0 Å². The lowest BCUT2D eigenvalue weighted by Crippen LogP contribution is -2.06. The molecule has 1 aromatic carbocycles. The van der Waals surface area contributed by atoms with Gasteiger partial charge in [-0.2, -0.15) is 0 Å². The molecule has 0 aliphatic heterocycles. The summed E-state index contributed by atoms with van der Waals surface area (Å²) >= 11 is 9.31. The zero-order valence-corrected chi connectivity index (χ0v) is 11.4. The number of aromatic nitrogens is 1. The Hall–Kier alpha value is -1.20. The number of hydrogen-bond acceptors (Lipinski definition) is 3. The number of esters is 1. The summed E-state index contributed by atoms with van der Waals surface area (Å²) in [7, 11) is 0. The first kappa shape index (κ1) is 12.3. The highest BCUT2D eigenvalue weighted by Gasteiger charge is 2.18. The number of hydrogen-bond donors (Lipinski definition) is 2. The van der Waals surface area contributed by atoms with Gasteiger partial charge in [-0.3, -0.25) is 0 Å². The van der Waals surface area contributed by atoms with Crippen LogP contribution in [-0.4, -0.2) is 17.6 Å². The Morgan fingerprint density at radius 3 is 2.94 bits per heavy atom.